The first-order chi connectivity index (χ1) is 10.5. The first kappa shape index (κ1) is 15.8. The molecule has 2 aromatic carbocycles. The molecule has 2 rings (SSSR count). The third-order valence-corrected chi connectivity index (χ3v) is 3.29. The SMILES string of the molecule is C[C@H](Nc1ccc(F)c(Cl)c1)C(=O)Nc1ccccc1C#N. The van der Waals surface area contributed by atoms with E-state index in [0.29, 0.717) is 16.9 Å². The third kappa shape index (κ3) is 3.74. The average molecular weight is 318 g/mol. The Morgan fingerprint density at radius 1 is 1.32 bits per heavy atom. The molecule has 0 radical (unpaired) electrons. The van der Waals surface area contributed by atoms with E-state index in [1.54, 1.807) is 31.2 Å². The molecule has 0 aliphatic heterocycles. The van der Waals surface area contributed by atoms with Gasteiger partial charge in [-0.15, -0.1) is 0 Å². The fraction of sp³-hybridized carbons (Fsp3) is 0.125. The number of hydrogen-bond acceptors (Lipinski definition) is 3. The van der Waals surface area contributed by atoms with Gasteiger partial charge in [0, 0.05) is 5.69 Å². The van der Waals surface area contributed by atoms with Gasteiger partial charge in [0.05, 0.1) is 16.3 Å². The highest BCUT2D eigenvalue weighted by atomic mass is 35.5. The summed E-state index contributed by atoms with van der Waals surface area (Å²) >= 11 is 5.69. The number of carbonyl (C=O) groups is 1. The maximum Gasteiger partial charge on any atom is 0.246 e. The van der Waals surface area contributed by atoms with Gasteiger partial charge in [0.15, 0.2) is 0 Å². The molecular weight excluding hydrogens is 305 g/mol. The smallest absolute Gasteiger partial charge is 0.246 e. The number of rotatable bonds is 4. The predicted octanol–water partition coefficient (Wildman–Crippen LogP) is 3.79. The van der Waals surface area contributed by atoms with Crippen LogP contribution in [0.2, 0.25) is 5.02 Å². The molecule has 0 aromatic heterocycles. The molecule has 0 saturated heterocycles. The van der Waals surface area contributed by atoms with Crippen LogP contribution in [0.15, 0.2) is 42.5 Å². The van der Waals surface area contributed by atoms with Crippen molar-refractivity contribution < 1.29 is 9.18 Å². The van der Waals surface area contributed by atoms with Crippen LogP contribution in [0.4, 0.5) is 15.8 Å². The Hall–Kier alpha value is -2.58. The molecule has 2 aromatic rings. The second-order valence-electron chi connectivity index (χ2n) is 4.64. The monoisotopic (exact) mass is 317 g/mol. The number of benzene rings is 2. The summed E-state index contributed by atoms with van der Waals surface area (Å²) in [5, 5.41) is 14.6. The maximum atomic E-state index is 13.1. The lowest BCUT2D eigenvalue weighted by Crippen LogP contribution is -2.32. The van der Waals surface area contributed by atoms with E-state index in [0.717, 1.165) is 0 Å². The normalized spacial score (nSPS) is 11.4. The highest BCUT2D eigenvalue weighted by molar-refractivity contribution is 6.31. The Balaban J connectivity index is 2.06. The average Bonchev–Trinajstić information content (AvgIpc) is 2.51. The second kappa shape index (κ2) is 6.92. The Kier molecular flexibility index (Phi) is 4.97. The van der Waals surface area contributed by atoms with Crippen molar-refractivity contribution in [3.8, 4) is 6.07 Å². The highest BCUT2D eigenvalue weighted by Gasteiger charge is 2.14. The fourth-order valence-electron chi connectivity index (χ4n) is 1.83. The van der Waals surface area contributed by atoms with Gasteiger partial charge in [-0.25, -0.2) is 4.39 Å². The van der Waals surface area contributed by atoms with Crippen molar-refractivity contribution in [2.24, 2.45) is 0 Å². The molecule has 0 aliphatic carbocycles. The summed E-state index contributed by atoms with van der Waals surface area (Å²) < 4.78 is 13.1. The fourth-order valence-corrected chi connectivity index (χ4v) is 2.01. The highest BCUT2D eigenvalue weighted by Crippen LogP contribution is 2.20. The van der Waals surface area contributed by atoms with Crippen LogP contribution >= 0.6 is 11.6 Å². The number of para-hydroxylation sites is 1. The number of nitrogens with zero attached hydrogens (tertiary/aromatic N) is 1. The van der Waals surface area contributed by atoms with Crippen molar-refractivity contribution in [3.63, 3.8) is 0 Å². The minimum Gasteiger partial charge on any atom is -0.374 e. The summed E-state index contributed by atoms with van der Waals surface area (Å²) in [6, 6.07) is 12.3. The van der Waals surface area contributed by atoms with Gasteiger partial charge in [0.1, 0.15) is 17.9 Å². The molecule has 1 amide bonds. The first-order valence-electron chi connectivity index (χ1n) is 6.53. The first-order valence-corrected chi connectivity index (χ1v) is 6.90. The molecule has 0 aliphatic rings. The van der Waals surface area contributed by atoms with E-state index < -0.39 is 11.9 Å². The van der Waals surface area contributed by atoms with Gasteiger partial charge in [0.2, 0.25) is 5.91 Å². The molecule has 112 valence electrons. The third-order valence-electron chi connectivity index (χ3n) is 3.00. The minimum absolute atomic E-state index is 0.0209. The molecular formula is C16H13ClFN3O. The van der Waals surface area contributed by atoms with E-state index in [-0.39, 0.29) is 10.9 Å². The van der Waals surface area contributed by atoms with Crippen molar-refractivity contribution in [2.75, 3.05) is 10.6 Å². The number of amides is 1. The quantitative estimate of drug-likeness (QED) is 0.901. The Labute approximate surface area is 132 Å². The van der Waals surface area contributed by atoms with Gasteiger partial charge in [-0.2, -0.15) is 5.26 Å². The lowest BCUT2D eigenvalue weighted by atomic mass is 10.2. The summed E-state index contributed by atoms with van der Waals surface area (Å²) in [7, 11) is 0. The molecule has 2 N–H and O–H groups in total. The number of halogens is 2. The molecule has 6 heteroatoms. The van der Waals surface area contributed by atoms with E-state index in [9.17, 15) is 9.18 Å². The van der Waals surface area contributed by atoms with Crippen LogP contribution in [0.5, 0.6) is 0 Å². The zero-order chi connectivity index (χ0) is 16.1. The number of anilines is 2. The van der Waals surface area contributed by atoms with Crippen molar-refractivity contribution in [3.05, 3.63) is 58.9 Å². The zero-order valence-corrected chi connectivity index (χ0v) is 12.5. The van der Waals surface area contributed by atoms with E-state index >= 15 is 0 Å². The van der Waals surface area contributed by atoms with Crippen LogP contribution in [-0.2, 0) is 4.79 Å². The van der Waals surface area contributed by atoms with Gasteiger partial charge < -0.3 is 10.6 Å². The largest absolute Gasteiger partial charge is 0.374 e. The summed E-state index contributed by atoms with van der Waals surface area (Å²) in [5.41, 5.74) is 1.36. The number of hydrogen-bond donors (Lipinski definition) is 2. The van der Waals surface area contributed by atoms with Crippen molar-refractivity contribution >= 4 is 28.9 Å². The Morgan fingerprint density at radius 3 is 2.73 bits per heavy atom. The molecule has 0 fully saturated rings. The molecule has 1 atom stereocenters. The van der Waals surface area contributed by atoms with E-state index in [1.807, 2.05) is 6.07 Å². The van der Waals surface area contributed by atoms with Gasteiger partial charge in [0.25, 0.3) is 0 Å². The van der Waals surface area contributed by atoms with Crippen LogP contribution < -0.4 is 10.6 Å². The van der Waals surface area contributed by atoms with E-state index in [4.69, 9.17) is 16.9 Å². The Morgan fingerprint density at radius 2 is 2.05 bits per heavy atom. The van der Waals surface area contributed by atoms with Crippen LogP contribution in [0.3, 0.4) is 0 Å². The molecule has 0 bridgehead atoms. The molecule has 22 heavy (non-hydrogen) atoms. The molecule has 0 spiro atoms. The summed E-state index contributed by atoms with van der Waals surface area (Å²) in [5.74, 6) is -0.838. The standard InChI is InChI=1S/C16H13ClFN3O/c1-10(20-12-6-7-14(18)13(17)8-12)16(22)21-15-5-3-2-4-11(15)9-19/h2-8,10,20H,1H3,(H,21,22)/t10-/m0/s1. The Bertz CT molecular complexity index is 742. The number of nitriles is 1. The topological polar surface area (TPSA) is 64.9 Å². The van der Waals surface area contributed by atoms with Crippen molar-refractivity contribution in [2.45, 2.75) is 13.0 Å². The molecule has 4 nitrogen and oxygen atoms in total. The summed E-state index contributed by atoms with van der Waals surface area (Å²) in [6.45, 7) is 1.65. The molecule has 0 unspecified atom stereocenters. The zero-order valence-electron chi connectivity index (χ0n) is 11.7. The lowest BCUT2D eigenvalue weighted by molar-refractivity contribution is -0.116. The van der Waals surface area contributed by atoms with E-state index in [2.05, 4.69) is 10.6 Å². The van der Waals surface area contributed by atoms with Gasteiger partial charge in [-0.3, -0.25) is 4.79 Å². The second-order valence-corrected chi connectivity index (χ2v) is 5.05. The van der Waals surface area contributed by atoms with Crippen LogP contribution in [-0.4, -0.2) is 11.9 Å². The maximum absolute atomic E-state index is 13.1. The minimum atomic E-state index is -0.590. The number of nitrogens with one attached hydrogen (secondary N) is 2. The van der Waals surface area contributed by atoms with Crippen molar-refractivity contribution in [1.82, 2.24) is 0 Å². The predicted molar refractivity (Wildman–Crippen MR) is 84.3 cm³/mol. The van der Waals surface area contributed by atoms with Gasteiger partial charge in [-0.05, 0) is 37.3 Å². The summed E-state index contributed by atoms with van der Waals surface area (Å²) in [6.07, 6.45) is 0. The summed E-state index contributed by atoms with van der Waals surface area (Å²) in [4.78, 5) is 12.1. The molecule has 0 heterocycles. The lowest BCUT2D eigenvalue weighted by Gasteiger charge is -2.16. The van der Waals surface area contributed by atoms with Crippen LogP contribution in [0.25, 0.3) is 0 Å². The van der Waals surface area contributed by atoms with Crippen LogP contribution in [0.1, 0.15) is 12.5 Å². The van der Waals surface area contributed by atoms with E-state index in [1.165, 1.54) is 18.2 Å². The van der Waals surface area contributed by atoms with Gasteiger partial charge in [-0.1, -0.05) is 23.7 Å². The number of carbonyl (C=O) groups excluding carboxylic acids is 1. The van der Waals surface area contributed by atoms with Crippen LogP contribution in [0, 0.1) is 17.1 Å². The van der Waals surface area contributed by atoms with Gasteiger partial charge >= 0.3 is 0 Å². The molecule has 0 saturated carbocycles. The van der Waals surface area contributed by atoms with Crippen molar-refractivity contribution in [1.29, 1.82) is 5.26 Å².